The minimum atomic E-state index is -0.692. The van der Waals surface area contributed by atoms with Crippen molar-refractivity contribution in [3.05, 3.63) is 53.1 Å². The summed E-state index contributed by atoms with van der Waals surface area (Å²) in [7, 11) is 0. The summed E-state index contributed by atoms with van der Waals surface area (Å²) in [5.41, 5.74) is 2.24. The van der Waals surface area contributed by atoms with Crippen molar-refractivity contribution in [2.75, 3.05) is 6.61 Å². The van der Waals surface area contributed by atoms with E-state index < -0.39 is 6.10 Å². The number of hydrogen-bond acceptors (Lipinski definition) is 4. The van der Waals surface area contributed by atoms with Crippen molar-refractivity contribution in [1.29, 1.82) is 0 Å². The smallest absolute Gasteiger partial charge is 0.131 e. The van der Waals surface area contributed by atoms with Crippen LogP contribution in [0.1, 0.15) is 28.7 Å². The average Bonchev–Trinajstić information content (AvgIpc) is 2.45. The lowest BCUT2D eigenvalue weighted by Crippen LogP contribution is -2.24. The van der Waals surface area contributed by atoms with Crippen molar-refractivity contribution in [2.24, 2.45) is 0 Å². The second-order valence-electron chi connectivity index (χ2n) is 5.08. The first-order valence-corrected chi connectivity index (χ1v) is 6.50. The van der Waals surface area contributed by atoms with Gasteiger partial charge < -0.3 is 20.1 Å². The number of ether oxygens (including phenoxy) is 1. The molecule has 20 heavy (non-hydrogen) atoms. The third kappa shape index (κ3) is 1.98. The zero-order chi connectivity index (χ0) is 14.3. The van der Waals surface area contributed by atoms with E-state index in [9.17, 15) is 15.3 Å². The van der Waals surface area contributed by atoms with E-state index >= 15 is 0 Å². The van der Waals surface area contributed by atoms with E-state index in [-0.39, 0.29) is 17.4 Å². The number of fused-ring (bicyclic) bond motifs is 1. The third-order valence-electron chi connectivity index (χ3n) is 3.84. The van der Waals surface area contributed by atoms with Crippen molar-refractivity contribution < 1.29 is 20.1 Å². The van der Waals surface area contributed by atoms with E-state index in [0.29, 0.717) is 23.5 Å². The Hall–Kier alpha value is -2.20. The molecule has 4 heteroatoms. The second-order valence-corrected chi connectivity index (χ2v) is 5.08. The molecule has 3 rings (SSSR count). The highest BCUT2D eigenvalue weighted by Crippen LogP contribution is 2.44. The number of phenols is 2. The first-order chi connectivity index (χ1) is 9.58. The van der Waals surface area contributed by atoms with Crippen LogP contribution in [0.4, 0.5) is 0 Å². The summed E-state index contributed by atoms with van der Waals surface area (Å²) < 4.78 is 5.72. The van der Waals surface area contributed by atoms with Crippen LogP contribution in [-0.4, -0.2) is 21.9 Å². The van der Waals surface area contributed by atoms with E-state index in [2.05, 4.69) is 0 Å². The number of rotatable bonds is 1. The Kier molecular flexibility index (Phi) is 3.03. The van der Waals surface area contributed by atoms with Gasteiger partial charge in [-0.05, 0) is 36.8 Å². The fourth-order valence-electron chi connectivity index (χ4n) is 2.61. The van der Waals surface area contributed by atoms with Gasteiger partial charge in [0.1, 0.15) is 17.2 Å². The van der Waals surface area contributed by atoms with Gasteiger partial charge >= 0.3 is 0 Å². The highest BCUT2D eigenvalue weighted by Gasteiger charge is 2.32. The SMILES string of the molecule is Cc1c(O)ccc2c1OC[C@H](c1ccc(O)cc1)[C@@H]2O. The largest absolute Gasteiger partial charge is 0.508 e. The second kappa shape index (κ2) is 4.72. The lowest BCUT2D eigenvalue weighted by molar-refractivity contribution is 0.0881. The Morgan fingerprint density at radius 3 is 2.45 bits per heavy atom. The van der Waals surface area contributed by atoms with Crippen molar-refractivity contribution in [1.82, 2.24) is 0 Å². The van der Waals surface area contributed by atoms with Gasteiger partial charge in [0.25, 0.3) is 0 Å². The Bertz CT molecular complexity index is 634. The summed E-state index contributed by atoms with van der Waals surface area (Å²) in [6.45, 7) is 2.10. The molecule has 2 aromatic rings. The zero-order valence-corrected chi connectivity index (χ0v) is 11.1. The van der Waals surface area contributed by atoms with Crippen LogP contribution in [0.3, 0.4) is 0 Å². The molecule has 0 aliphatic carbocycles. The molecule has 0 amide bonds. The molecule has 3 N–H and O–H groups in total. The van der Waals surface area contributed by atoms with Gasteiger partial charge in [-0.15, -0.1) is 0 Å². The maximum Gasteiger partial charge on any atom is 0.131 e. The zero-order valence-electron chi connectivity index (χ0n) is 11.1. The molecule has 0 aromatic heterocycles. The summed E-state index contributed by atoms with van der Waals surface area (Å²) in [5, 5.41) is 29.5. The van der Waals surface area contributed by atoms with Gasteiger partial charge in [-0.1, -0.05) is 12.1 Å². The molecule has 0 unspecified atom stereocenters. The monoisotopic (exact) mass is 272 g/mol. The number of aliphatic hydroxyl groups is 1. The van der Waals surface area contributed by atoms with Crippen LogP contribution in [0.2, 0.25) is 0 Å². The standard InChI is InChI=1S/C16H16O4/c1-9-14(18)7-6-12-15(19)13(8-20-16(9)12)10-2-4-11(17)5-3-10/h2-7,13,15,17-19H,8H2,1H3/t13-,15-/m1/s1. The highest BCUT2D eigenvalue weighted by atomic mass is 16.5. The first kappa shape index (κ1) is 12.8. The van der Waals surface area contributed by atoms with Crippen LogP contribution >= 0.6 is 0 Å². The molecule has 0 saturated heterocycles. The fraction of sp³-hybridized carbons (Fsp3) is 0.250. The fourth-order valence-corrected chi connectivity index (χ4v) is 2.61. The predicted octanol–water partition coefficient (Wildman–Crippen LogP) is 2.62. The Labute approximate surface area is 116 Å². The van der Waals surface area contributed by atoms with E-state index in [1.807, 2.05) is 0 Å². The van der Waals surface area contributed by atoms with Crippen molar-refractivity contribution >= 4 is 0 Å². The van der Waals surface area contributed by atoms with Gasteiger partial charge in [0.05, 0.1) is 12.7 Å². The van der Waals surface area contributed by atoms with Crippen LogP contribution < -0.4 is 4.74 Å². The van der Waals surface area contributed by atoms with Gasteiger partial charge in [-0.25, -0.2) is 0 Å². The van der Waals surface area contributed by atoms with Gasteiger partial charge in [-0.3, -0.25) is 0 Å². The van der Waals surface area contributed by atoms with Crippen molar-refractivity contribution in [2.45, 2.75) is 18.9 Å². The predicted molar refractivity (Wildman–Crippen MR) is 74.1 cm³/mol. The molecule has 1 aliphatic heterocycles. The molecule has 0 bridgehead atoms. The van der Waals surface area contributed by atoms with Crippen LogP contribution in [-0.2, 0) is 0 Å². The van der Waals surface area contributed by atoms with E-state index in [0.717, 1.165) is 5.56 Å². The van der Waals surface area contributed by atoms with Gasteiger partial charge in [0, 0.05) is 17.0 Å². The third-order valence-corrected chi connectivity index (χ3v) is 3.84. The molecule has 104 valence electrons. The molecule has 0 spiro atoms. The summed E-state index contributed by atoms with van der Waals surface area (Å²) in [4.78, 5) is 0. The Morgan fingerprint density at radius 2 is 1.75 bits per heavy atom. The molecule has 0 fully saturated rings. The molecular formula is C16H16O4. The van der Waals surface area contributed by atoms with Crippen LogP contribution in [0, 0.1) is 6.92 Å². The summed E-state index contributed by atoms with van der Waals surface area (Å²) >= 11 is 0. The molecule has 0 saturated carbocycles. The molecule has 1 heterocycles. The quantitative estimate of drug-likeness (QED) is 0.746. The summed E-state index contributed by atoms with van der Waals surface area (Å²) in [5.74, 6) is 0.736. The number of benzene rings is 2. The van der Waals surface area contributed by atoms with Gasteiger partial charge in [0.2, 0.25) is 0 Å². The van der Waals surface area contributed by atoms with Crippen LogP contribution in [0.15, 0.2) is 36.4 Å². The summed E-state index contributed by atoms with van der Waals surface area (Å²) in [6, 6.07) is 10.0. The number of aromatic hydroxyl groups is 2. The van der Waals surface area contributed by atoms with Gasteiger partial charge in [0.15, 0.2) is 0 Å². The van der Waals surface area contributed by atoms with Crippen LogP contribution in [0.5, 0.6) is 17.2 Å². The Morgan fingerprint density at radius 1 is 1.05 bits per heavy atom. The van der Waals surface area contributed by atoms with Gasteiger partial charge in [-0.2, -0.15) is 0 Å². The molecule has 4 nitrogen and oxygen atoms in total. The lowest BCUT2D eigenvalue weighted by atomic mass is 9.86. The molecular weight excluding hydrogens is 256 g/mol. The number of phenolic OH excluding ortho intramolecular Hbond substituents is 2. The normalized spacial score (nSPS) is 21.1. The summed E-state index contributed by atoms with van der Waals surface area (Å²) in [6.07, 6.45) is -0.692. The minimum Gasteiger partial charge on any atom is -0.508 e. The Balaban J connectivity index is 1.99. The highest BCUT2D eigenvalue weighted by molar-refractivity contribution is 5.51. The molecule has 2 aromatic carbocycles. The van der Waals surface area contributed by atoms with Crippen molar-refractivity contribution in [3.63, 3.8) is 0 Å². The van der Waals surface area contributed by atoms with Crippen molar-refractivity contribution in [3.8, 4) is 17.2 Å². The van der Waals surface area contributed by atoms with E-state index in [1.165, 1.54) is 0 Å². The lowest BCUT2D eigenvalue weighted by Gasteiger charge is -2.31. The number of aliphatic hydroxyl groups excluding tert-OH is 1. The van der Waals surface area contributed by atoms with Crippen LogP contribution in [0.25, 0.3) is 0 Å². The average molecular weight is 272 g/mol. The maximum absolute atomic E-state index is 10.5. The van der Waals surface area contributed by atoms with E-state index in [4.69, 9.17) is 4.74 Å². The van der Waals surface area contributed by atoms with E-state index in [1.54, 1.807) is 43.3 Å². The first-order valence-electron chi connectivity index (χ1n) is 6.50. The molecule has 1 aliphatic rings. The minimum absolute atomic E-state index is 0.166. The molecule has 0 radical (unpaired) electrons. The number of hydrogen-bond donors (Lipinski definition) is 3. The maximum atomic E-state index is 10.5. The molecule has 2 atom stereocenters. The topological polar surface area (TPSA) is 69.9 Å².